The highest BCUT2D eigenvalue weighted by Crippen LogP contribution is 2.31. The molecular weight excluding hydrogens is 468 g/mol. The van der Waals surface area contributed by atoms with Crippen LogP contribution in [0.15, 0.2) is 42.5 Å². The predicted octanol–water partition coefficient (Wildman–Crippen LogP) is 4.68. The first-order chi connectivity index (χ1) is 16.6. The molecule has 1 atom stereocenters. The Morgan fingerprint density at radius 2 is 1.66 bits per heavy atom. The molecule has 2 aliphatic heterocycles. The number of rotatable bonds is 4. The molecule has 4 amide bonds. The lowest BCUT2D eigenvalue weighted by molar-refractivity contribution is -0.137. The van der Waals surface area contributed by atoms with Gasteiger partial charge in [0, 0.05) is 30.9 Å². The number of nitrogens with zero attached hydrogens (tertiary/aromatic N) is 2. The van der Waals surface area contributed by atoms with Gasteiger partial charge < -0.3 is 20.4 Å². The van der Waals surface area contributed by atoms with Gasteiger partial charge in [-0.3, -0.25) is 9.59 Å². The van der Waals surface area contributed by atoms with Crippen molar-refractivity contribution in [1.29, 1.82) is 0 Å². The topological polar surface area (TPSA) is 81.8 Å². The van der Waals surface area contributed by atoms with Gasteiger partial charge >= 0.3 is 12.2 Å². The number of hydrogen-bond acceptors (Lipinski definition) is 3. The third-order valence-corrected chi connectivity index (χ3v) is 6.07. The minimum absolute atomic E-state index is 0.0536. The lowest BCUT2D eigenvalue weighted by Crippen LogP contribution is -2.53. The third-order valence-electron chi connectivity index (χ3n) is 6.07. The van der Waals surface area contributed by atoms with Crippen LogP contribution in [0.5, 0.6) is 0 Å². The van der Waals surface area contributed by atoms with E-state index < -0.39 is 35.5 Å². The number of carbonyl (C=O) groups is 3. The highest BCUT2D eigenvalue weighted by Gasteiger charge is 2.33. The van der Waals surface area contributed by atoms with E-state index >= 15 is 0 Å². The smallest absolute Gasteiger partial charge is 0.326 e. The van der Waals surface area contributed by atoms with Gasteiger partial charge in [0.15, 0.2) is 0 Å². The van der Waals surface area contributed by atoms with Crippen molar-refractivity contribution < 1.29 is 31.9 Å². The molecule has 7 nitrogen and oxygen atoms in total. The number of nitrogens with one attached hydrogen (secondary N) is 2. The number of anilines is 3. The summed E-state index contributed by atoms with van der Waals surface area (Å²) in [5, 5.41) is 4.91. The maximum atomic E-state index is 15.0. The molecule has 0 spiro atoms. The van der Waals surface area contributed by atoms with E-state index in [9.17, 15) is 31.9 Å². The molecule has 2 N–H and O–H groups in total. The van der Waals surface area contributed by atoms with Crippen LogP contribution in [0.2, 0.25) is 0 Å². The summed E-state index contributed by atoms with van der Waals surface area (Å²) in [5.74, 6) is -1.22. The van der Waals surface area contributed by atoms with E-state index in [1.807, 2.05) is 0 Å². The van der Waals surface area contributed by atoms with Crippen molar-refractivity contribution >= 4 is 34.9 Å². The van der Waals surface area contributed by atoms with Crippen LogP contribution < -0.4 is 20.4 Å². The molecule has 35 heavy (non-hydrogen) atoms. The van der Waals surface area contributed by atoms with Crippen molar-refractivity contribution in [2.45, 2.75) is 44.3 Å². The van der Waals surface area contributed by atoms with Gasteiger partial charge in [-0.15, -0.1) is 0 Å². The minimum atomic E-state index is -4.49. The predicted molar refractivity (Wildman–Crippen MR) is 122 cm³/mol. The van der Waals surface area contributed by atoms with Crippen LogP contribution in [0.4, 0.5) is 39.4 Å². The number of halogens is 4. The average Bonchev–Trinajstić information content (AvgIpc) is 2.81. The Bertz CT molecular complexity index is 1120. The molecule has 0 saturated carbocycles. The second-order valence-corrected chi connectivity index (χ2v) is 8.50. The molecule has 2 aromatic carbocycles. The summed E-state index contributed by atoms with van der Waals surface area (Å²) in [7, 11) is 0. The second kappa shape index (κ2) is 9.93. The van der Waals surface area contributed by atoms with Gasteiger partial charge in [0.2, 0.25) is 11.8 Å². The Morgan fingerprint density at radius 1 is 0.943 bits per heavy atom. The first kappa shape index (κ1) is 24.5. The van der Waals surface area contributed by atoms with Crippen LogP contribution >= 0.6 is 0 Å². The number of amides is 4. The van der Waals surface area contributed by atoms with Gasteiger partial charge in [0.1, 0.15) is 11.9 Å². The summed E-state index contributed by atoms with van der Waals surface area (Å²) in [6.45, 7) is 0.775. The van der Waals surface area contributed by atoms with Crippen molar-refractivity contribution in [3.05, 3.63) is 53.8 Å². The Balaban J connectivity index is 1.41. The van der Waals surface area contributed by atoms with Crippen molar-refractivity contribution in [3.63, 3.8) is 0 Å². The van der Waals surface area contributed by atoms with Gasteiger partial charge in [-0.1, -0.05) is 0 Å². The van der Waals surface area contributed by atoms with Crippen molar-refractivity contribution in [1.82, 2.24) is 5.32 Å². The number of carbonyl (C=O) groups excluding carboxylic acids is 3. The van der Waals surface area contributed by atoms with E-state index in [0.29, 0.717) is 31.5 Å². The van der Waals surface area contributed by atoms with Gasteiger partial charge in [0.25, 0.3) is 0 Å². The van der Waals surface area contributed by atoms with Crippen molar-refractivity contribution in [3.8, 4) is 0 Å². The summed E-state index contributed by atoms with van der Waals surface area (Å²) in [4.78, 5) is 40.2. The fraction of sp³-hybridized carbons (Fsp3) is 0.375. The first-order valence-electron chi connectivity index (χ1n) is 11.3. The quantitative estimate of drug-likeness (QED) is 0.609. The van der Waals surface area contributed by atoms with Crippen LogP contribution in [0.1, 0.15) is 37.7 Å². The summed E-state index contributed by atoms with van der Waals surface area (Å²) in [5.41, 5.74) is -0.229. The monoisotopic (exact) mass is 492 g/mol. The van der Waals surface area contributed by atoms with Crippen LogP contribution in [-0.4, -0.2) is 37.0 Å². The van der Waals surface area contributed by atoms with Gasteiger partial charge in [-0.2, -0.15) is 13.2 Å². The standard InChI is InChI=1S/C24H24F4N4O3/c25-18-14-17(31-12-2-1-5-21(31)33)10-11-20(18)32-13-3-4-19(22(32)34)30-23(35)29-16-8-6-15(7-9-16)24(26,27)28/h6-11,14,19H,1-5,12-13H2,(H2,29,30,35)/t19-/m1/s1. The Hall–Kier alpha value is -3.63. The van der Waals surface area contributed by atoms with Crippen LogP contribution in [-0.2, 0) is 15.8 Å². The fourth-order valence-electron chi connectivity index (χ4n) is 4.28. The Kier molecular flexibility index (Phi) is 6.95. The summed E-state index contributed by atoms with van der Waals surface area (Å²) in [6, 6.07) is 6.51. The van der Waals surface area contributed by atoms with E-state index in [2.05, 4.69) is 10.6 Å². The van der Waals surface area contributed by atoms with E-state index in [-0.39, 0.29) is 23.8 Å². The largest absolute Gasteiger partial charge is 0.416 e. The van der Waals surface area contributed by atoms with Gasteiger partial charge in [-0.25, -0.2) is 9.18 Å². The number of piperidine rings is 2. The third kappa shape index (κ3) is 5.55. The fourth-order valence-corrected chi connectivity index (χ4v) is 4.28. The zero-order valence-electron chi connectivity index (χ0n) is 18.7. The van der Waals surface area contributed by atoms with Gasteiger partial charge in [0.05, 0.1) is 11.3 Å². The van der Waals surface area contributed by atoms with Crippen LogP contribution in [0.25, 0.3) is 0 Å². The molecule has 0 unspecified atom stereocenters. The maximum Gasteiger partial charge on any atom is 0.416 e. The number of benzene rings is 2. The molecule has 2 aliphatic rings. The Morgan fingerprint density at radius 3 is 2.31 bits per heavy atom. The summed E-state index contributed by atoms with van der Waals surface area (Å²) in [6.07, 6.45) is -1.60. The van der Waals surface area contributed by atoms with Crippen molar-refractivity contribution in [2.24, 2.45) is 0 Å². The Labute approximate surface area is 199 Å². The highest BCUT2D eigenvalue weighted by molar-refractivity contribution is 6.02. The van der Waals surface area contributed by atoms with E-state index in [4.69, 9.17) is 0 Å². The average molecular weight is 492 g/mol. The molecule has 186 valence electrons. The SMILES string of the molecule is O=C(Nc1ccc(C(F)(F)F)cc1)N[C@@H]1CCCN(c2ccc(N3CCCCC3=O)cc2F)C1=O. The molecule has 11 heteroatoms. The van der Waals surface area contributed by atoms with E-state index in [0.717, 1.165) is 37.1 Å². The second-order valence-electron chi connectivity index (χ2n) is 8.50. The number of alkyl halides is 3. The van der Waals surface area contributed by atoms with E-state index in [1.165, 1.54) is 21.9 Å². The number of hydrogen-bond donors (Lipinski definition) is 2. The lowest BCUT2D eigenvalue weighted by atomic mass is 10.0. The molecule has 0 aliphatic carbocycles. The maximum absolute atomic E-state index is 15.0. The normalized spacial score (nSPS) is 19.0. The molecule has 4 rings (SSSR count). The van der Waals surface area contributed by atoms with E-state index in [1.54, 1.807) is 6.07 Å². The molecule has 2 fully saturated rings. The molecular formula is C24H24F4N4O3. The molecule has 2 heterocycles. The molecule has 2 saturated heterocycles. The first-order valence-corrected chi connectivity index (χ1v) is 11.3. The zero-order chi connectivity index (χ0) is 25.2. The van der Waals surface area contributed by atoms with Crippen LogP contribution in [0, 0.1) is 5.82 Å². The molecule has 0 bridgehead atoms. The molecule has 2 aromatic rings. The van der Waals surface area contributed by atoms with Crippen LogP contribution in [0.3, 0.4) is 0 Å². The molecule has 0 aromatic heterocycles. The highest BCUT2D eigenvalue weighted by atomic mass is 19.4. The minimum Gasteiger partial charge on any atom is -0.326 e. The molecule has 0 radical (unpaired) electrons. The zero-order valence-corrected chi connectivity index (χ0v) is 18.7. The number of urea groups is 1. The van der Waals surface area contributed by atoms with Gasteiger partial charge in [-0.05, 0) is 68.1 Å². The van der Waals surface area contributed by atoms with Crippen molar-refractivity contribution in [2.75, 3.05) is 28.2 Å². The summed E-state index contributed by atoms with van der Waals surface area (Å²) >= 11 is 0. The lowest BCUT2D eigenvalue weighted by Gasteiger charge is -2.33. The summed E-state index contributed by atoms with van der Waals surface area (Å²) < 4.78 is 53.0.